The molecule has 162 valence electrons. The molecule has 0 atom stereocenters. The summed E-state index contributed by atoms with van der Waals surface area (Å²) in [6, 6.07) is 3.65. The van der Waals surface area contributed by atoms with Crippen LogP contribution in [0.25, 0.3) is 5.69 Å². The van der Waals surface area contributed by atoms with E-state index in [1.54, 1.807) is 0 Å². The molecular formula is C18H19N7O4S2. The van der Waals surface area contributed by atoms with Crippen LogP contribution in [0, 0.1) is 0 Å². The monoisotopic (exact) mass is 461 g/mol. The lowest BCUT2D eigenvalue weighted by Gasteiger charge is -2.15. The van der Waals surface area contributed by atoms with Gasteiger partial charge in [0, 0.05) is 5.41 Å². The zero-order valence-corrected chi connectivity index (χ0v) is 18.7. The number of nitrogens with zero attached hydrogens (tertiary/aromatic N) is 6. The van der Waals surface area contributed by atoms with E-state index in [0.29, 0.717) is 10.8 Å². The summed E-state index contributed by atoms with van der Waals surface area (Å²) >= 11 is 2.70. The molecule has 31 heavy (non-hydrogen) atoms. The topological polar surface area (TPSA) is 169 Å². The second-order valence-corrected chi connectivity index (χ2v) is 9.39. The Morgan fingerprint density at radius 1 is 1.10 bits per heavy atom. The van der Waals surface area contributed by atoms with Crippen molar-refractivity contribution in [2.45, 2.75) is 30.5 Å². The smallest absolute Gasteiger partial charge is 0.335 e. The normalized spacial score (nSPS) is 11.9. The van der Waals surface area contributed by atoms with Crippen LogP contribution in [-0.4, -0.2) is 48.4 Å². The number of nitrogen functional groups attached to an aromatic ring is 1. The Balaban J connectivity index is 2.17. The molecular weight excluding hydrogens is 442 g/mol. The SMILES string of the molecule is CSc1nnc(/N=N/c2c(C(C)(C)C)nn(-c3cc(C(=O)O)cc(C(=O)O)c3)c2N)s1. The summed E-state index contributed by atoms with van der Waals surface area (Å²) < 4.78 is 2.00. The van der Waals surface area contributed by atoms with Crippen LogP contribution < -0.4 is 5.73 Å². The number of thioether (sulfide) groups is 1. The zero-order chi connectivity index (χ0) is 22.9. The highest BCUT2D eigenvalue weighted by molar-refractivity contribution is 8.00. The lowest BCUT2D eigenvalue weighted by Crippen LogP contribution is -2.13. The van der Waals surface area contributed by atoms with Crippen LogP contribution in [0.3, 0.4) is 0 Å². The van der Waals surface area contributed by atoms with E-state index >= 15 is 0 Å². The van der Waals surface area contributed by atoms with Gasteiger partial charge in [-0.05, 0) is 24.5 Å². The van der Waals surface area contributed by atoms with Crippen molar-refractivity contribution in [3.8, 4) is 5.69 Å². The third kappa shape index (κ3) is 4.72. The van der Waals surface area contributed by atoms with Gasteiger partial charge in [0.05, 0.1) is 22.5 Å². The average molecular weight is 462 g/mol. The molecule has 0 unspecified atom stereocenters. The first-order valence-corrected chi connectivity index (χ1v) is 10.9. The number of anilines is 1. The van der Waals surface area contributed by atoms with Crippen molar-refractivity contribution < 1.29 is 19.8 Å². The van der Waals surface area contributed by atoms with Crippen LogP contribution in [0.4, 0.5) is 16.6 Å². The summed E-state index contributed by atoms with van der Waals surface area (Å²) in [4.78, 5) is 22.9. The Hall–Kier alpha value is -3.32. The van der Waals surface area contributed by atoms with Gasteiger partial charge in [-0.3, -0.25) is 0 Å². The molecule has 0 radical (unpaired) electrons. The van der Waals surface area contributed by atoms with E-state index in [2.05, 4.69) is 25.5 Å². The first kappa shape index (κ1) is 22.4. The van der Waals surface area contributed by atoms with Gasteiger partial charge in [-0.15, -0.1) is 20.4 Å². The van der Waals surface area contributed by atoms with Crippen LogP contribution in [-0.2, 0) is 5.41 Å². The highest BCUT2D eigenvalue weighted by atomic mass is 32.2. The second-order valence-electron chi connectivity index (χ2n) is 7.38. The van der Waals surface area contributed by atoms with E-state index in [0.717, 1.165) is 10.4 Å². The number of aromatic carboxylic acids is 2. The fourth-order valence-corrected chi connectivity index (χ4v) is 3.70. The van der Waals surface area contributed by atoms with Crippen LogP contribution in [0.2, 0.25) is 0 Å². The predicted molar refractivity (Wildman–Crippen MR) is 116 cm³/mol. The van der Waals surface area contributed by atoms with Gasteiger partial charge in [-0.25, -0.2) is 14.3 Å². The highest BCUT2D eigenvalue weighted by Crippen LogP contribution is 2.38. The molecule has 11 nitrogen and oxygen atoms in total. The number of rotatable bonds is 6. The standard InChI is InChI=1S/C18H19N7O4S2/c1-18(2,3)12-11(20-21-16-22-23-17(30-4)31-16)13(19)25(24-12)10-6-8(14(26)27)5-9(7-10)15(28)29/h5-7H,19H2,1-4H3,(H,26,27)(H,28,29)/b21-20+. The van der Waals surface area contributed by atoms with Crippen molar-refractivity contribution in [3.63, 3.8) is 0 Å². The maximum atomic E-state index is 11.5. The summed E-state index contributed by atoms with van der Waals surface area (Å²) in [6.45, 7) is 5.72. The molecule has 2 heterocycles. The molecule has 2 aromatic heterocycles. The van der Waals surface area contributed by atoms with E-state index < -0.39 is 17.4 Å². The number of carboxylic acid groups (broad SMARTS) is 2. The number of carboxylic acids is 2. The fraction of sp³-hybridized carbons (Fsp3) is 0.278. The lowest BCUT2D eigenvalue weighted by atomic mass is 9.91. The van der Waals surface area contributed by atoms with Crippen LogP contribution >= 0.6 is 23.1 Å². The summed E-state index contributed by atoms with van der Waals surface area (Å²) in [5.41, 5.74) is 6.37. The summed E-state index contributed by atoms with van der Waals surface area (Å²) in [5, 5.41) is 39.8. The molecule has 0 aliphatic carbocycles. The van der Waals surface area contributed by atoms with Crippen molar-refractivity contribution in [1.82, 2.24) is 20.0 Å². The van der Waals surface area contributed by atoms with Gasteiger partial charge in [0.1, 0.15) is 0 Å². The van der Waals surface area contributed by atoms with Crippen LogP contribution in [0.5, 0.6) is 0 Å². The predicted octanol–water partition coefficient (Wildman–Crippen LogP) is 4.14. The Kier molecular flexibility index (Phi) is 6.08. The van der Waals surface area contributed by atoms with E-state index in [4.69, 9.17) is 5.73 Å². The van der Waals surface area contributed by atoms with Crippen molar-refractivity contribution in [1.29, 1.82) is 0 Å². The largest absolute Gasteiger partial charge is 0.478 e. The number of carbonyl (C=O) groups is 2. The van der Waals surface area contributed by atoms with Gasteiger partial charge < -0.3 is 15.9 Å². The number of hydrogen-bond donors (Lipinski definition) is 3. The molecule has 1 aromatic carbocycles. The molecule has 3 aromatic rings. The third-order valence-electron chi connectivity index (χ3n) is 4.07. The van der Waals surface area contributed by atoms with E-state index in [1.807, 2.05) is 27.0 Å². The minimum Gasteiger partial charge on any atom is -0.478 e. The van der Waals surface area contributed by atoms with Crippen molar-refractivity contribution in [2.75, 3.05) is 12.0 Å². The third-order valence-corrected chi connectivity index (χ3v) is 5.85. The van der Waals surface area contributed by atoms with Gasteiger partial charge >= 0.3 is 11.9 Å². The Labute approximate surface area is 185 Å². The van der Waals surface area contributed by atoms with Gasteiger partial charge in [0.2, 0.25) is 0 Å². The maximum Gasteiger partial charge on any atom is 0.335 e. The Morgan fingerprint density at radius 2 is 1.71 bits per heavy atom. The molecule has 4 N–H and O–H groups in total. The summed E-state index contributed by atoms with van der Waals surface area (Å²) in [7, 11) is 0. The van der Waals surface area contributed by atoms with E-state index in [-0.39, 0.29) is 28.3 Å². The summed E-state index contributed by atoms with van der Waals surface area (Å²) in [6.07, 6.45) is 1.87. The maximum absolute atomic E-state index is 11.5. The number of nitrogens with two attached hydrogens (primary N) is 1. The van der Waals surface area contributed by atoms with Gasteiger partial charge in [0.25, 0.3) is 5.13 Å². The minimum absolute atomic E-state index is 0.0853. The Morgan fingerprint density at radius 3 is 2.19 bits per heavy atom. The second kappa shape index (κ2) is 8.43. The first-order valence-electron chi connectivity index (χ1n) is 8.81. The number of benzene rings is 1. The molecule has 0 aliphatic rings. The average Bonchev–Trinajstić information content (AvgIpc) is 3.29. The van der Waals surface area contributed by atoms with Crippen molar-refractivity contribution >= 4 is 51.7 Å². The van der Waals surface area contributed by atoms with Gasteiger partial charge in [-0.1, -0.05) is 43.9 Å². The molecule has 0 saturated heterocycles. The minimum atomic E-state index is -1.27. The quantitative estimate of drug-likeness (QED) is 0.360. The number of aromatic nitrogens is 4. The van der Waals surface area contributed by atoms with Gasteiger partial charge in [0.15, 0.2) is 15.8 Å². The first-order chi connectivity index (χ1) is 14.5. The van der Waals surface area contributed by atoms with Crippen molar-refractivity contribution in [2.24, 2.45) is 10.2 Å². The zero-order valence-electron chi connectivity index (χ0n) is 17.0. The molecule has 13 heteroatoms. The molecule has 0 spiro atoms. The molecule has 0 fully saturated rings. The number of azo groups is 1. The van der Waals surface area contributed by atoms with Crippen molar-refractivity contribution in [3.05, 3.63) is 35.0 Å². The van der Waals surface area contributed by atoms with Crippen LogP contribution in [0.1, 0.15) is 47.2 Å². The molecule has 0 aliphatic heterocycles. The van der Waals surface area contributed by atoms with Gasteiger partial charge in [-0.2, -0.15) is 5.10 Å². The summed E-state index contributed by atoms with van der Waals surface area (Å²) in [5.74, 6) is -2.46. The highest BCUT2D eigenvalue weighted by Gasteiger charge is 2.27. The van der Waals surface area contributed by atoms with E-state index in [1.165, 1.54) is 39.9 Å². The number of hydrogen-bond acceptors (Lipinski definition) is 10. The Bertz CT molecular complexity index is 1160. The van der Waals surface area contributed by atoms with Crippen LogP contribution in [0.15, 0.2) is 32.8 Å². The molecule has 0 bridgehead atoms. The molecule has 0 amide bonds. The lowest BCUT2D eigenvalue weighted by molar-refractivity contribution is 0.0696. The molecule has 0 saturated carbocycles. The fourth-order valence-electron chi connectivity index (χ4n) is 2.62. The van der Waals surface area contributed by atoms with E-state index in [9.17, 15) is 19.8 Å². The molecule has 3 rings (SSSR count).